The zero-order valence-corrected chi connectivity index (χ0v) is 10.6. The minimum atomic E-state index is -4.78. The van der Waals surface area contributed by atoms with Gasteiger partial charge in [0.05, 0.1) is 0 Å². The van der Waals surface area contributed by atoms with E-state index in [1.165, 1.54) is 12.1 Å². The summed E-state index contributed by atoms with van der Waals surface area (Å²) in [6.07, 6.45) is -4.78. The van der Waals surface area contributed by atoms with E-state index in [1.54, 1.807) is 5.32 Å². The summed E-state index contributed by atoms with van der Waals surface area (Å²) < 4.78 is 39.8. The Balaban J connectivity index is 2.78. The molecule has 1 aromatic carbocycles. The first-order chi connectivity index (χ1) is 8.18. The summed E-state index contributed by atoms with van der Waals surface area (Å²) in [7, 11) is 0. The Kier molecular flexibility index (Phi) is 2.77. The average Bonchev–Trinajstić information content (AvgIpc) is 2.24. The molecule has 2 amide bonds. The third kappa shape index (κ3) is 1.65. The number of amides is 2. The summed E-state index contributed by atoms with van der Waals surface area (Å²) in [5, 5.41) is 1.74. The predicted octanol–water partition coefficient (Wildman–Crippen LogP) is 2.54. The molecule has 18 heavy (non-hydrogen) atoms. The molecule has 0 aromatic heterocycles. The molecule has 0 saturated carbocycles. The first-order valence-corrected chi connectivity index (χ1v) is 5.70. The summed E-state index contributed by atoms with van der Waals surface area (Å²) in [5.74, 6) is -2.17. The molecule has 96 valence electrons. The second-order valence-electron chi connectivity index (χ2n) is 4.10. The van der Waals surface area contributed by atoms with Gasteiger partial charge in [-0.1, -0.05) is 15.9 Å². The number of rotatable bonds is 0. The Morgan fingerprint density at radius 3 is 2.44 bits per heavy atom. The largest absolute Gasteiger partial charge is 0.406 e. The van der Waals surface area contributed by atoms with Crippen molar-refractivity contribution in [3.8, 4) is 0 Å². The van der Waals surface area contributed by atoms with Crippen LogP contribution in [0.4, 0.5) is 13.2 Å². The maximum Gasteiger partial charge on any atom is 0.406 e. The SMILES string of the molecule is CC1(C(F)(F)F)C(=O)NC(=O)c2ccc(Br)cc21. The lowest BCUT2D eigenvalue weighted by Crippen LogP contribution is -2.57. The van der Waals surface area contributed by atoms with Crippen molar-refractivity contribution in [2.75, 3.05) is 0 Å². The number of benzene rings is 1. The van der Waals surface area contributed by atoms with Crippen molar-refractivity contribution in [1.29, 1.82) is 0 Å². The smallest absolute Gasteiger partial charge is 0.291 e. The summed E-state index contributed by atoms with van der Waals surface area (Å²) in [6, 6.07) is 3.86. The number of fused-ring (bicyclic) bond motifs is 1. The monoisotopic (exact) mass is 321 g/mol. The quantitative estimate of drug-likeness (QED) is 0.746. The highest BCUT2D eigenvalue weighted by atomic mass is 79.9. The first kappa shape index (κ1) is 13.1. The van der Waals surface area contributed by atoms with Crippen LogP contribution in [0.1, 0.15) is 22.8 Å². The average molecular weight is 322 g/mol. The van der Waals surface area contributed by atoms with Crippen LogP contribution in [0.25, 0.3) is 0 Å². The van der Waals surface area contributed by atoms with Crippen LogP contribution in [-0.2, 0) is 10.2 Å². The van der Waals surface area contributed by atoms with Crippen LogP contribution in [0, 0.1) is 0 Å². The number of hydrogen-bond donors (Lipinski definition) is 1. The molecule has 0 fully saturated rings. The van der Waals surface area contributed by atoms with Crippen LogP contribution < -0.4 is 5.32 Å². The lowest BCUT2D eigenvalue weighted by molar-refractivity contribution is -0.191. The van der Waals surface area contributed by atoms with E-state index < -0.39 is 23.4 Å². The van der Waals surface area contributed by atoms with Gasteiger partial charge >= 0.3 is 6.18 Å². The number of nitrogens with one attached hydrogen (secondary N) is 1. The van der Waals surface area contributed by atoms with E-state index in [0.29, 0.717) is 4.47 Å². The zero-order chi connectivity index (χ0) is 13.7. The van der Waals surface area contributed by atoms with E-state index in [-0.39, 0.29) is 11.1 Å². The van der Waals surface area contributed by atoms with Gasteiger partial charge in [-0.25, -0.2) is 0 Å². The molecule has 1 atom stereocenters. The molecule has 1 heterocycles. The molecule has 1 N–H and O–H groups in total. The fourth-order valence-electron chi connectivity index (χ4n) is 1.83. The maximum atomic E-state index is 13.1. The Morgan fingerprint density at radius 1 is 1.28 bits per heavy atom. The van der Waals surface area contributed by atoms with Crippen LogP contribution in [0.3, 0.4) is 0 Å². The molecule has 7 heteroatoms. The van der Waals surface area contributed by atoms with Crippen molar-refractivity contribution >= 4 is 27.7 Å². The van der Waals surface area contributed by atoms with E-state index in [4.69, 9.17) is 0 Å². The number of carbonyl (C=O) groups is 2. The van der Waals surface area contributed by atoms with Crippen LogP contribution in [0.2, 0.25) is 0 Å². The molecule has 0 spiro atoms. The van der Waals surface area contributed by atoms with Gasteiger partial charge < -0.3 is 0 Å². The third-order valence-electron chi connectivity index (χ3n) is 3.01. The van der Waals surface area contributed by atoms with E-state index in [2.05, 4.69) is 15.9 Å². The van der Waals surface area contributed by atoms with Gasteiger partial charge in [0, 0.05) is 10.0 Å². The van der Waals surface area contributed by atoms with Crippen LogP contribution >= 0.6 is 15.9 Å². The maximum absolute atomic E-state index is 13.1. The Morgan fingerprint density at radius 2 is 1.89 bits per heavy atom. The molecule has 3 nitrogen and oxygen atoms in total. The molecular weight excluding hydrogens is 315 g/mol. The fourth-order valence-corrected chi connectivity index (χ4v) is 2.19. The number of halogens is 4. The normalized spacial score (nSPS) is 23.6. The topological polar surface area (TPSA) is 46.2 Å². The van der Waals surface area contributed by atoms with E-state index in [0.717, 1.165) is 13.0 Å². The summed E-state index contributed by atoms with van der Waals surface area (Å²) in [5.41, 5.74) is -3.20. The minimum absolute atomic E-state index is 0.141. The van der Waals surface area contributed by atoms with Gasteiger partial charge in [-0.05, 0) is 30.7 Å². The number of hydrogen-bond acceptors (Lipinski definition) is 2. The highest BCUT2D eigenvalue weighted by molar-refractivity contribution is 9.10. The van der Waals surface area contributed by atoms with Gasteiger partial charge in [-0.15, -0.1) is 0 Å². The Bertz CT molecular complexity index is 556. The van der Waals surface area contributed by atoms with Crippen LogP contribution in [0.5, 0.6) is 0 Å². The van der Waals surface area contributed by atoms with Crippen molar-refractivity contribution in [3.05, 3.63) is 33.8 Å². The highest BCUT2D eigenvalue weighted by Crippen LogP contribution is 2.44. The van der Waals surface area contributed by atoms with Crippen molar-refractivity contribution in [2.45, 2.75) is 18.5 Å². The van der Waals surface area contributed by atoms with Crippen molar-refractivity contribution in [1.82, 2.24) is 5.32 Å². The minimum Gasteiger partial charge on any atom is -0.291 e. The molecule has 0 radical (unpaired) electrons. The van der Waals surface area contributed by atoms with Crippen molar-refractivity contribution in [3.63, 3.8) is 0 Å². The fraction of sp³-hybridized carbons (Fsp3) is 0.273. The van der Waals surface area contributed by atoms with Crippen LogP contribution in [0.15, 0.2) is 22.7 Å². The van der Waals surface area contributed by atoms with Gasteiger partial charge in [0.15, 0.2) is 5.41 Å². The molecule has 2 rings (SSSR count). The van der Waals surface area contributed by atoms with Gasteiger partial charge in [0.2, 0.25) is 5.91 Å². The van der Waals surface area contributed by atoms with Crippen LogP contribution in [-0.4, -0.2) is 18.0 Å². The molecule has 1 aliphatic heterocycles. The second-order valence-corrected chi connectivity index (χ2v) is 5.01. The highest BCUT2D eigenvalue weighted by Gasteiger charge is 2.61. The first-order valence-electron chi connectivity index (χ1n) is 4.90. The van der Waals surface area contributed by atoms with Gasteiger partial charge in [0.1, 0.15) is 0 Å². The summed E-state index contributed by atoms with van der Waals surface area (Å²) >= 11 is 3.04. The number of carbonyl (C=O) groups excluding carboxylic acids is 2. The molecule has 0 saturated heterocycles. The van der Waals surface area contributed by atoms with Gasteiger partial charge in [0.25, 0.3) is 5.91 Å². The van der Waals surface area contributed by atoms with E-state index in [1.807, 2.05) is 0 Å². The molecule has 0 bridgehead atoms. The number of imide groups is 1. The predicted molar refractivity (Wildman–Crippen MR) is 60.0 cm³/mol. The molecular formula is C11H7BrF3NO2. The lowest BCUT2D eigenvalue weighted by Gasteiger charge is -2.35. The van der Waals surface area contributed by atoms with Crippen molar-refractivity contribution in [2.24, 2.45) is 0 Å². The molecule has 1 aromatic rings. The molecule has 1 aliphatic rings. The summed E-state index contributed by atoms with van der Waals surface area (Å²) in [4.78, 5) is 23.1. The molecule has 1 unspecified atom stereocenters. The molecule has 0 aliphatic carbocycles. The van der Waals surface area contributed by atoms with E-state index in [9.17, 15) is 22.8 Å². The third-order valence-corrected chi connectivity index (χ3v) is 3.51. The lowest BCUT2D eigenvalue weighted by atomic mass is 9.76. The number of alkyl halides is 3. The van der Waals surface area contributed by atoms with E-state index >= 15 is 0 Å². The zero-order valence-electron chi connectivity index (χ0n) is 9.06. The second kappa shape index (κ2) is 3.81. The standard InChI is InChI=1S/C11H7BrF3NO2/c1-10(11(13,14)15)7-4-5(12)2-3-6(7)8(17)16-9(10)18/h2-4H,1H3,(H,16,17,18). The van der Waals surface area contributed by atoms with Gasteiger partial charge in [-0.3, -0.25) is 14.9 Å². The summed E-state index contributed by atoms with van der Waals surface area (Å²) in [6.45, 7) is 0.764. The Hall–Kier alpha value is -1.37. The Labute approximate surface area is 108 Å². The van der Waals surface area contributed by atoms with Gasteiger partial charge in [-0.2, -0.15) is 13.2 Å². The van der Waals surface area contributed by atoms with Crippen molar-refractivity contribution < 1.29 is 22.8 Å².